The van der Waals surface area contributed by atoms with Gasteiger partial charge in [0.1, 0.15) is 90.8 Å². The van der Waals surface area contributed by atoms with Crippen molar-refractivity contribution in [2.75, 3.05) is 46.8 Å². The average Bonchev–Trinajstić information content (AvgIpc) is 1.51. The summed E-state index contributed by atoms with van der Waals surface area (Å²) in [6.45, 7) is 4.95. The molecule has 21 N–H and O–H groups in total. The summed E-state index contributed by atoms with van der Waals surface area (Å²) >= 11 is 0. The number of rotatable bonds is 25. The number of aliphatic hydroxyl groups is 1. The Hall–Kier alpha value is -13.1. The maximum Gasteiger partial charge on any atom is 0.323 e. The van der Waals surface area contributed by atoms with Crippen molar-refractivity contribution < 1.29 is 107 Å². The number of nitrogens with one attached hydrogen (secondary N) is 9. The van der Waals surface area contributed by atoms with Crippen molar-refractivity contribution in [2.45, 2.75) is 272 Å². The lowest BCUT2D eigenvalue weighted by atomic mass is 9.97. The van der Waals surface area contributed by atoms with Crippen LogP contribution in [-0.4, -0.2) is 303 Å². The molecule has 0 unspecified atom stereocenters. The van der Waals surface area contributed by atoms with Gasteiger partial charge in [-0.15, -0.1) is 0 Å². The lowest BCUT2D eigenvalue weighted by Gasteiger charge is -2.38. The summed E-state index contributed by atoms with van der Waals surface area (Å²) < 4.78 is 1.42. The largest absolute Gasteiger partial charge is 0.508 e. The molecule has 1 spiro atoms. The van der Waals surface area contributed by atoms with Crippen LogP contribution in [0.15, 0.2) is 85.2 Å². The number of unbranched alkanes of at least 4 members (excludes halogenated alkanes) is 2. The quantitative estimate of drug-likeness (QED) is 0.0295. The number of H-pyrrole nitrogens is 1. The van der Waals surface area contributed by atoms with E-state index in [1.807, 2.05) is 6.92 Å². The van der Waals surface area contributed by atoms with Crippen LogP contribution < -0.4 is 65.5 Å². The van der Waals surface area contributed by atoms with Crippen LogP contribution in [0.2, 0.25) is 0 Å². The monoisotopic (exact) mass is 1850 g/mol. The Morgan fingerprint density at radius 3 is 1.73 bits per heavy atom. The topological polar surface area (TPSA) is 628 Å². The summed E-state index contributed by atoms with van der Waals surface area (Å²) in [6.07, 6.45) is -1.08. The summed E-state index contributed by atoms with van der Waals surface area (Å²) in [4.78, 5) is 273. The Morgan fingerprint density at radius 2 is 1.10 bits per heavy atom. The van der Waals surface area contributed by atoms with E-state index in [4.69, 9.17) is 22.9 Å². The van der Waals surface area contributed by atoms with Gasteiger partial charge in [-0.1, -0.05) is 102 Å². The fourth-order valence-corrected chi connectivity index (χ4v) is 18.4. The molecule has 16 amide bonds. The van der Waals surface area contributed by atoms with Gasteiger partial charge in [-0.3, -0.25) is 91.2 Å². The van der Waals surface area contributed by atoms with Gasteiger partial charge in [-0.2, -0.15) is 0 Å². The van der Waals surface area contributed by atoms with Crippen molar-refractivity contribution in [2.24, 2.45) is 28.9 Å². The number of carboxylic acids is 2. The van der Waals surface area contributed by atoms with Crippen LogP contribution in [0.1, 0.15) is 173 Å². The van der Waals surface area contributed by atoms with Gasteiger partial charge in [0.15, 0.2) is 0 Å². The Bertz CT molecular complexity index is 5140. The molecule has 133 heavy (non-hydrogen) atoms. The molecule has 42 nitrogen and oxygen atoms in total. The van der Waals surface area contributed by atoms with Gasteiger partial charge in [0, 0.05) is 113 Å². The number of amides is 16. The summed E-state index contributed by atoms with van der Waals surface area (Å²) in [6, 6.07) is -1.01. The first-order valence-electron chi connectivity index (χ1n) is 45.6. The molecule has 5 aliphatic rings. The van der Waals surface area contributed by atoms with E-state index in [1.54, 1.807) is 75.5 Å². The van der Waals surface area contributed by atoms with Crippen LogP contribution in [0.25, 0.3) is 21.8 Å². The van der Waals surface area contributed by atoms with Gasteiger partial charge < -0.3 is 120 Å². The summed E-state index contributed by atoms with van der Waals surface area (Å²) in [5, 5.41) is 64.5. The molecule has 0 radical (unpaired) electrons. The highest BCUT2D eigenvalue weighted by atomic mass is 16.4. The van der Waals surface area contributed by atoms with E-state index in [0.717, 1.165) is 24.5 Å². The zero-order chi connectivity index (χ0) is 97.0. The van der Waals surface area contributed by atoms with E-state index in [1.165, 1.54) is 54.0 Å². The Morgan fingerprint density at radius 1 is 0.534 bits per heavy atom. The number of aromatic nitrogens is 2. The lowest BCUT2D eigenvalue weighted by Crippen LogP contribution is -2.62. The Labute approximate surface area is 768 Å². The van der Waals surface area contributed by atoms with Crippen LogP contribution in [0.5, 0.6) is 5.75 Å². The molecule has 5 saturated heterocycles. The first-order valence-corrected chi connectivity index (χ1v) is 45.6. The van der Waals surface area contributed by atoms with E-state index >= 15 is 38.4 Å². The van der Waals surface area contributed by atoms with Gasteiger partial charge in [0.25, 0.3) is 5.91 Å². The molecule has 15 atom stereocenters. The number of hydrogen-bond acceptors (Lipinski definition) is 22. The molecular formula is C91H126N20O22. The number of phenols is 1. The lowest BCUT2D eigenvalue weighted by molar-refractivity contribution is -0.149. The minimum absolute atomic E-state index is 0.00744. The maximum atomic E-state index is 16.0. The number of benzene rings is 3. The van der Waals surface area contributed by atoms with Crippen molar-refractivity contribution in [3.8, 4) is 5.75 Å². The number of carbonyl (C=O) groups is 18. The number of para-hydroxylation sites is 2. The predicted molar refractivity (Wildman–Crippen MR) is 480 cm³/mol. The second-order valence-corrected chi connectivity index (χ2v) is 35.5. The fraction of sp³-hybridized carbons (Fsp3) is 0.560. The molecule has 0 bridgehead atoms. The summed E-state index contributed by atoms with van der Waals surface area (Å²) in [7, 11) is 2.60. The second kappa shape index (κ2) is 46.3. The number of aliphatic carboxylic acids is 2. The number of aliphatic hydroxyl groups excluding tert-OH is 1. The number of phenolic OH excluding ortho intramolecular Hbond substituents is 1. The number of aromatic hydroxyl groups is 1. The van der Waals surface area contributed by atoms with E-state index in [0.29, 0.717) is 64.2 Å². The highest BCUT2D eigenvalue weighted by Gasteiger charge is 2.74. The second-order valence-electron chi connectivity index (χ2n) is 35.5. The van der Waals surface area contributed by atoms with Crippen molar-refractivity contribution in [1.29, 1.82) is 0 Å². The molecule has 0 saturated carbocycles. The number of carboxylic acid groups (broad SMARTS) is 2. The molecule has 5 aromatic rings. The Balaban J connectivity index is 1.03. The number of nitrogens with zero attached hydrogens (tertiary/aromatic N) is 7. The fourth-order valence-electron chi connectivity index (χ4n) is 18.4. The molecule has 722 valence electrons. The summed E-state index contributed by atoms with van der Waals surface area (Å²) in [5.41, 5.74) is 24.4. The third kappa shape index (κ3) is 25.2. The molecule has 5 fully saturated rings. The zero-order valence-corrected chi connectivity index (χ0v) is 75.8. The standard InChI is InChI=1S/C91H126N20O22/c1-7-9-23-68-81(124)99-60(33-34-75(116)117)78(121)98-59(77(95)120)22-17-28-74(115)97-63(40-51-29-31-54(112)32-30-51)86(129)108-37-16-15-26-69(108)82(125)103-65(43-73(94)114)87(130)109-38-18-27-70(109)83(126)104-66(45-93)80(123)101-62(39-50(3)4)88(131)110-48-55(113)44-91(110)90(133)111(91)72(42-52-46-96-58-21-13-11-19-56(52)58)84(127)100-61(35-36-92)79(122)102-64(85(128)106(6)71(24-10-8-2)89(132)105(68)5)41-53-47-107(49-76(118)119)67-25-14-12-20-57(53)67/h11-14,19-21,25,29-32,46-47,50,55,59-66,68-72,96,112-113H,7-10,15-18,22-24,26-28,33-45,48-49,92-93H2,1-6H3,(H2,94,114)(H2,95,120)(H,97,115)(H,98,121)(H,99,124)(H,100,127)(H,101,123)(H,102,122)(H,103,125)(H,104,126)(H,116,117)(H,118,119)/t55-,59+,60+,61+,62+,63+,64+,65+,66+,68+,69+,70+,71+,72+,91-,111?/m1/s1. The van der Waals surface area contributed by atoms with Gasteiger partial charge in [0.2, 0.25) is 94.3 Å². The molecule has 0 aliphatic carbocycles. The Kier molecular flexibility index (Phi) is 35.5. The van der Waals surface area contributed by atoms with Crippen molar-refractivity contribution in [3.05, 3.63) is 102 Å². The average molecular weight is 1850 g/mol. The first kappa shape index (κ1) is 102. The van der Waals surface area contributed by atoms with E-state index in [2.05, 4.69) is 47.5 Å². The van der Waals surface area contributed by atoms with Gasteiger partial charge in [-0.25, -0.2) is 0 Å². The smallest absolute Gasteiger partial charge is 0.323 e. The number of fused-ring (bicyclic) bond motifs is 4. The number of likely N-dealkylation sites (N-methyl/N-ethyl adjacent to an activating group) is 2. The number of carbonyl (C=O) groups excluding carboxylic acids is 16. The van der Waals surface area contributed by atoms with Crippen LogP contribution in [0.3, 0.4) is 0 Å². The molecular weight excluding hydrogens is 1730 g/mol. The number of aromatic amines is 1. The van der Waals surface area contributed by atoms with E-state index in [-0.39, 0.29) is 109 Å². The number of primary amides is 2. The predicted octanol–water partition coefficient (Wildman–Crippen LogP) is -1.51. The number of nitrogens with two attached hydrogens (primary N) is 4. The number of hydrogen-bond donors (Lipinski definition) is 17. The van der Waals surface area contributed by atoms with Crippen LogP contribution >= 0.6 is 0 Å². The molecule has 7 heterocycles. The molecule has 3 aromatic carbocycles. The third-order valence-electron chi connectivity index (χ3n) is 25.4. The van der Waals surface area contributed by atoms with Crippen LogP contribution in [0.4, 0.5) is 0 Å². The van der Waals surface area contributed by atoms with Crippen molar-refractivity contribution in [3.63, 3.8) is 0 Å². The van der Waals surface area contributed by atoms with Crippen molar-refractivity contribution >= 4 is 128 Å². The van der Waals surface area contributed by atoms with Crippen molar-refractivity contribution in [1.82, 2.24) is 81.5 Å². The van der Waals surface area contributed by atoms with Crippen LogP contribution in [-0.2, 0) is 112 Å². The summed E-state index contributed by atoms with van der Waals surface area (Å²) in [5.74, 6) is -18.2. The zero-order valence-electron chi connectivity index (χ0n) is 75.8. The molecule has 42 heteroatoms. The molecule has 2 aromatic heterocycles. The van der Waals surface area contributed by atoms with E-state index in [9.17, 15) is 68.4 Å². The third-order valence-corrected chi connectivity index (χ3v) is 25.4. The van der Waals surface area contributed by atoms with Gasteiger partial charge >= 0.3 is 11.9 Å². The van der Waals surface area contributed by atoms with Gasteiger partial charge in [0.05, 0.1) is 12.5 Å². The van der Waals surface area contributed by atoms with Crippen LogP contribution in [0, 0.1) is 5.92 Å². The normalized spacial score (nSPS) is 26.3. The maximum absolute atomic E-state index is 16.0. The minimum atomic E-state index is -2.10. The number of piperidine rings is 1. The SMILES string of the molecule is CCCC[C@H]1C(=O)N(C)[C@@H](CCCC)C(=O)N[C@@H](CCC(=O)O)C(=O)N[C@H](C(N)=O)CCCC(=O)N[C@@H](Cc2ccc(O)cc2)C(=O)N2CCCC[C@H]2C(=O)N[C@@H](CC(N)=O)C(=O)N2CCC[C@H]2C(=O)N[C@@H](CN)C(=O)N[C@@H](CC(C)C)C(=O)N2C[C@H](O)C[C@@]23C(=O)N3[C@@H](Cc2c[nH]c3ccccc23)C(=O)N[C@@H](CCN)C(=O)N[C@@H](Cc2cn(CC(=O)O)c3ccccc23)C(=O)N1C. The highest BCUT2D eigenvalue weighted by molar-refractivity contribution is 6.10. The van der Waals surface area contributed by atoms with Gasteiger partial charge in [-0.05, 0) is 130 Å². The highest BCUT2D eigenvalue weighted by Crippen LogP contribution is 2.49. The van der Waals surface area contributed by atoms with E-state index < -0.39 is 261 Å². The molecule has 5 aliphatic heterocycles. The first-order chi connectivity index (χ1) is 63.3. The molecule has 10 rings (SSSR count). The minimum Gasteiger partial charge on any atom is -0.508 e.